The van der Waals surface area contributed by atoms with Crippen molar-refractivity contribution in [3.05, 3.63) is 88.8 Å². The Morgan fingerprint density at radius 3 is 1.57 bits per heavy atom. The average Bonchev–Trinajstić information content (AvgIpc) is 3.60. The number of amides is 5. The predicted octanol–water partition coefficient (Wildman–Crippen LogP) is 12.0. The van der Waals surface area contributed by atoms with Crippen molar-refractivity contribution in [2.45, 2.75) is 203 Å². The number of rotatable bonds is 20. The molecule has 1 aliphatic rings. The molecule has 4 rings (SSSR count). The van der Waals surface area contributed by atoms with Crippen molar-refractivity contribution in [1.29, 1.82) is 0 Å². The van der Waals surface area contributed by atoms with Crippen LogP contribution >= 0.6 is 0 Å². The van der Waals surface area contributed by atoms with E-state index in [2.05, 4.69) is 50.1 Å². The normalized spacial score (nSPS) is 13.5. The summed E-state index contributed by atoms with van der Waals surface area (Å²) in [4.78, 5) is 92.0. The van der Waals surface area contributed by atoms with Gasteiger partial charge in [-0.15, -0.1) is 0 Å². The summed E-state index contributed by atoms with van der Waals surface area (Å²) in [7, 11) is 1.66. The van der Waals surface area contributed by atoms with Crippen molar-refractivity contribution in [3.63, 3.8) is 0 Å². The summed E-state index contributed by atoms with van der Waals surface area (Å²) >= 11 is 0. The van der Waals surface area contributed by atoms with Gasteiger partial charge in [-0.3, -0.25) is 43.7 Å². The summed E-state index contributed by atoms with van der Waals surface area (Å²) in [6.45, 7) is 28.2. The minimum Gasteiger partial charge on any atom is -0.465 e. The van der Waals surface area contributed by atoms with E-state index >= 15 is 0 Å². The molecule has 3 heterocycles. The van der Waals surface area contributed by atoms with Gasteiger partial charge in [-0.05, 0) is 117 Å². The predicted molar refractivity (Wildman–Crippen MR) is 313 cm³/mol. The first kappa shape index (κ1) is 81.2. The van der Waals surface area contributed by atoms with Gasteiger partial charge in [0.2, 0.25) is 35.5 Å². The molecule has 1 saturated carbocycles. The zero-order chi connectivity index (χ0) is 66.7. The van der Waals surface area contributed by atoms with Crippen LogP contribution in [0.25, 0.3) is 0 Å². The van der Waals surface area contributed by atoms with Gasteiger partial charge in [0, 0.05) is 75.3 Å². The lowest BCUT2D eigenvalue weighted by Gasteiger charge is -2.30. The first-order chi connectivity index (χ1) is 39.7. The fourth-order valence-corrected chi connectivity index (χ4v) is 7.43. The van der Waals surface area contributed by atoms with Gasteiger partial charge in [-0.25, -0.2) is 13.6 Å². The molecule has 17 nitrogen and oxygen atoms in total. The highest BCUT2D eigenvalue weighted by Crippen LogP contribution is 2.39. The molecule has 0 bridgehead atoms. The van der Waals surface area contributed by atoms with Gasteiger partial charge in [0.05, 0.1) is 29.9 Å². The number of nitrogens with zero attached hydrogens (tertiary/aromatic N) is 3. The molecule has 0 aromatic carbocycles. The SMILES string of the molecule is CC(C)C1CCC(F)(F)CC1.CC(C)c1cc(C(F)(F)F)ccn1.CC(C)c1ccc(C(F)(F)F)cn1.CC(C)c1ccc(C(N)=O)cn1.CCOC(=O)CNC(=O)[C@H](CC(C)C)NC(=O)CC[C@H](NC(C)=O)C(=O)OCC.CNC(=O)CC(C)C. The van der Waals surface area contributed by atoms with E-state index in [4.69, 9.17) is 15.2 Å². The summed E-state index contributed by atoms with van der Waals surface area (Å²) in [5.41, 5.74) is 6.30. The number of esters is 2. The van der Waals surface area contributed by atoms with E-state index in [0.29, 0.717) is 66.3 Å². The lowest BCUT2D eigenvalue weighted by molar-refractivity contribution is -0.147. The standard InChI is InChI=1S/C19H33N3O7.2C9H10F3N.C9H16F2.C9H12N2O.C6H13NO/c1-6-28-17(25)11-20-18(26)15(10-12(3)4)22-16(24)9-8-14(21-13(5)23)19(27)29-7-2;1-6(2)8-5-7(3-4-13-8)9(10,11)12;1-6(2)8-4-3-7(5-13-8)9(10,11)12;1-7(2)8-3-5-9(10,11)6-4-8;1-6(2)8-4-3-7(5-11-8)9(10)12;1-5(2)4-6(8)7-3/h12,14-15H,6-11H2,1-5H3,(H,20,26)(H,21,23)(H,22,24);2*3-6H,1-2H3;7-8H,3-6H2,1-2H3;3-6H,1-2H3,(H2,10,12);5H,4H2,1-3H3,(H,7,8)/t14-,15-;;;;;/m0...../s1. The number of hydrogen-bond acceptors (Lipinski definition) is 12. The number of nitrogens with two attached hydrogens (primary N) is 1. The Hall–Kier alpha value is -6.82. The summed E-state index contributed by atoms with van der Waals surface area (Å²) in [5.74, 6) is -2.98. The van der Waals surface area contributed by atoms with E-state index in [1.54, 1.807) is 27.0 Å². The molecule has 0 saturated heterocycles. The Morgan fingerprint density at radius 2 is 1.19 bits per heavy atom. The van der Waals surface area contributed by atoms with Crippen molar-refractivity contribution >= 4 is 41.5 Å². The minimum atomic E-state index is -4.29. The number of hydrogen-bond donors (Lipinski definition) is 5. The maximum atomic E-state index is 12.6. The largest absolute Gasteiger partial charge is 0.465 e. The van der Waals surface area contributed by atoms with Gasteiger partial charge in [0.1, 0.15) is 18.6 Å². The van der Waals surface area contributed by atoms with Crippen LogP contribution < -0.4 is 27.0 Å². The number of pyridine rings is 3. The fourth-order valence-electron chi connectivity index (χ4n) is 7.43. The van der Waals surface area contributed by atoms with E-state index in [1.165, 1.54) is 25.4 Å². The molecule has 1 aliphatic carbocycles. The lowest BCUT2D eigenvalue weighted by atomic mass is 9.80. The molecule has 3 aromatic heterocycles. The molecule has 2 atom stereocenters. The Labute approximate surface area is 502 Å². The molecule has 0 radical (unpaired) electrons. The second kappa shape index (κ2) is 41.3. The number of carbonyl (C=O) groups excluding carboxylic acids is 7. The van der Waals surface area contributed by atoms with E-state index in [-0.39, 0.29) is 69.1 Å². The van der Waals surface area contributed by atoms with Crippen molar-refractivity contribution in [2.75, 3.05) is 26.8 Å². The van der Waals surface area contributed by atoms with Crippen LogP contribution in [0, 0.1) is 23.7 Å². The van der Waals surface area contributed by atoms with Crippen LogP contribution in [0.4, 0.5) is 35.1 Å². The number of ether oxygens (including phenoxy) is 2. The summed E-state index contributed by atoms with van der Waals surface area (Å²) in [5, 5.41) is 10.1. The van der Waals surface area contributed by atoms with Crippen LogP contribution in [0.3, 0.4) is 0 Å². The maximum Gasteiger partial charge on any atom is 0.417 e. The van der Waals surface area contributed by atoms with Crippen molar-refractivity contribution in [1.82, 2.24) is 36.2 Å². The topological polar surface area (TPSA) is 251 Å². The quantitative estimate of drug-likeness (QED) is 0.0523. The van der Waals surface area contributed by atoms with Gasteiger partial charge in [0.25, 0.3) is 0 Å². The van der Waals surface area contributed by atoms with Crippen LogP contribution in [0.5, 0.6) is 0 Å². The third-order valence-corrected chi connectivity index (χ3v) is 12.3. The molecule has 0 aliphatic heterocycles. The number of nitrogens with one attached hydrogen (secondary N) is 4. The monoisotopic (exact) mass is 1230 g/mol. The van der Waals surface area contributed by atoms with E-state index in [9.17, 15) is 68.7 Å². The van der Waals surface area contributed by atoms with Crippen molar-refractivity contribution in [2.24, 2.45) is 29.4 Å². The summed E-state index contributed by atoms with van der Waals surface area (Å²) < 4.78 is 108. The van der Waals surface area contributed by atoms with Crippen LogP contribution in [-0.4, -0.2) is 101 Å². The van der Waals surface area contributed by atoms with Crippen molar-refractivity contribution in [3.8, 4) is 0 Å². The molecule has 5 amide bonds. The van der Waals surface area contributed by atoms with Crippen LogP contribution in [0.15, 0.2) is 55.0 Å². The third-order valence-electron chi connectivity index (χ3n) is 12.3. The smallest absolute Gasteiger partial charge is 0.417 e. The molecule has 488 valence electrons. The van der Waals surface area contributed by atoms with Crippen LogP contribution in [0.2, 0.25) is 0 Å². The average molecular weight is 1240 g/mol. The van der Waals surface area contributed by atoms with Crippen molar-refractivity contribution < 1.29 is 78.2 Å². The first-order valence-electron chi connectivity index (χ1n) is 28.8. The zero-order valence-corrected chi connectivity index (χ0v) is 52.8. The molecule has 0 spiro atoms. The molecule has 86 heavy (non-hydrogen) atoms. The first-order valence-corrected chi connectivity index (χ1v) is 28.8. The minimum absolute atomic E-state index is 0.0160. The molecule has 25 heteroatoms. The van der Waals surface area contributed by atoms with Gasteiger partial charge >= 0.3 is 24.3 Å². The molecule has 1 fully saturated rings. The molecule has 3 aromatic rings. The van der Waals surface area contributed by atoms with E-state index in [1.807, 2.05) is 75.3 Å². The van der Waals surface area contributed by atoms with E-state index < -0.39 is 77.1 Å². The summed E-state index contributed by atoms with van der Waals surface area (Å²) in [6.07, 6.45) is -2.40. The number of aromatic nitrogens is 3. The van der Waals surface area contributed by atoms with E-state index in [0.717, 1.165) is 30.1 Å². The number of halogens is 8. The van der Waals surface area contributed by atoms with Crippen LogP contribution in [-0.2, 0) is 50.6 Å². The molecule has 0 unspecified atom stereocenters. The Bertz CT molecular complexity index is 2460. The molecular formula is C61H94F8N8O9. The third kappa shape index (κ3) is 37.6. The highest BCUT2D eigenvalue weighted by Gasteiger charge is 2.36. The van der Waals surface area contributed by atoms with Crippen LogP contribution in [0.1, 0.15) is 212 Å². The van der Waals surface area contributed by atoms with Gasteiger partial charge < -0.3 is 36.5 Å². The Balaban J connectivity index is 0. The second-order valence-electron chi connectivity index (χ2n) is 22.3. The summed E-state index contributed by atoms with van der Waals surface area (Å²) in [6, 6.07) is 6.28. The lowest BCUT2D eigenvalue weighted by Crippen LogP contribution is -2.49. The number of carbonyl (C=O) groups is 7. The maximum absolute atomic E-state index is 12.6. The van der Waals surface area contributed by atoms with Gasteiger partial charge in [0.15, 0.2) is 0 Å². The Morgan fingerprint density at radius 1 is 0.663 bits per heavy atom. The molecular weight excluding hydrogens is 1140 g/mol. The number of alkyl halides is 8. The van der Waals surface area contributed by atoms with Gasteiger partial charge in [-0.1, -0.05) is 83.1 Å². The highest BCUT2D eigenvalue weighted by atomic mass is 19.4. The Kier molecular flexibility index (Phi) is 39.0. The molecule has 6 N–H and O–H groups in total. The fraction of sp³-hybridized carbons (Fsp3) is 0.639. The zero-order valence-electron chi connectivity index (χ0n) is 52.8. The second-order valence-corrected chi connectivity index (χ2v) is 22.3. The highest BCUT2D eigenvalue weighted by molar-refractivity contribution is 5.92. The van der Waals surface area contributed by atoms with Gasteiger partial charge in [-0.2, -0.15) is 26.3 Å². The number of primary amides is 1.